The first kappa shape index (κ1) is 21.1. The van der Waals surface area contributed by atoms with Crippen molar-refractivity contribution >= 4 is 34.5 Å². The Morgan fingerprint density at radius 3 is 2.69 bits per heavy atom. The number of carbonyl (C=O) groups is 2. The van der Waals surface area contributed by atoms with Crippen LogP contribution in [0.4, 0.5) is 0 Å². The SMILES string of the molecule is C[C@@]1(C(=O)NC2CCCCCC2)Cn2c(cc3occc32)C(=O)N1Cc1ccccc1Cl. The minimum atomic E-state index is -1.06. The van der Waals surface area contributed by atoms with Crippen molar-refractivity contribution < 1.29 is 14.0 Å². The maximum atomic E-state index is 13.8. The highest BCUT2D eigenvalue weighted by Gasteiger charge is 2.48. The highest BCUT2D eigenvalue weighted by Crippen LogP contribution is 2.35. The van der Waals surface area contributed by atoms with E-state index >= 15 is 0 Å². The Morgan fingerprint density at radius 1 is 1.19 bits per heavy atom. The molecule has 0 radical (unpaired) electrons. The number of carbonyl (C=O) groups excluding carboxylic acids is 2. The van der Waals surface area contributed by atoms with Gasteiger partial charge in [0.25, 0.3) is 5.91 Å². The zero-order valence-corrected chi connectivity index (χ0v) is 19.0. The third kappa shape index (κ3) is 3.60. The van der Waals surface area contributed by atoms with Crippen LogP contribution in [0.2, 0.25) is 5.02 Å². The minimum absolute atomic E-state index is 0.110. The summed E-state index contributed by atoms with van der Waals surface area (Å²) in [6.07, 6.45) is 8.27. The lowest BCUT2D eigenvalue weighted by Crippen LogP contribution is -2.64. The summed E-state index contributed by atoms with van der Waals surface area (Å²) in [5, 5.41) is 3.87. The Hall–Kier alpha value is -2.73. The second kappa shape index (κ2) is 8.32. The number of furan rings is 1. The topological polar surface area (TPSA) is 67.5 Å². The number of benzene rings is 1. The minimum Gasteiger partial charge on any atom is -0.463 e. The Morgan fingerprint density at radius 2 is 1.94 bits per heavy atom. The molecule has 1 atom stereocenters. The van der Waals surface area contributed by atoms with Crippen molar-refractivity contribution in [1.29, 1.82) is 0 Å². The largest absolute Gasteiger partial charge is 0.463 e. The number of hydrogen-bond donors (Lipinski definition) is 1. The average Bonchev–Trinajstić information content (AvgIpc) is 3.27. The number of nitrogens with zero attached hydrogens (tertiary/aromatic N) is 2. The molecule has 1 saturated carbocycles. The molecule has 2 aromatic heterocycles. The molecule has 6 nitrogen and oxygen atoms in total. The van der Waals surface area contributed by atoms with E-state index in [1.165, 1.54) is 12.8 Å². The van der Waals surface area contributed by atoms with Crippen molar-refractivity contribution in [3.8, 4) is 0 Å². The fraction of sp³-hybridized carbons (Fsp3) is 0.440. The lowest BCUT2D eigenvalue weighted by Gasteiger charge is -2.44. The molecule has 32 heavy (non-hydrogen) atoms. The molecule has 2 aliphatic rings. The highest BCUT2D eigenvalue weighted by molar-refractivity contribution is 6.31. The normalized spacial score (nSPS) is 22.1. The highest BCUT2D eigenvalue weighted by atomic mass is 35.5. The van der Waals surface area contributed by atoms with Gasteiger partial charge in [0.1, 0.15) is 11.2 Å². The van der Waals surface area contributed by atoms with Crippen LogP contribution in [0.25, 0.3) is 11.1 Å². The van der Waals surface area contributed by atoms with E-state index in [-0.39, 0.29) is 24.4 Å². The van der Waals surface area contributed by atoms with Gasteiger partial charge in [0.05, 0.1) is 18.3 Å². The molecular formula is C25H28ClN3O3. The van der Waals surface area contributed by atoms with Crippen LogP contribution in [0.1, 0.15) is 61.5 Å². The van der Waals surface area contributed by atoms with Crippen LogP contribution < -0.4 is 5.32 Å². The Labute approximate surface area is 192 Å². The first-order chi connectivity index (χ1) is 15.5. The summed E-state index contributed by atoms with van der Waals surface area (Å²) >= 11 is 6.43. The molecule has 1 N–H and O–H groups in total. The number of rotatable bonds is 4. The molecule has 1 aromatic carbocycles. The Bertz CT molecular complexity index is 1160. The zero-order valence-electron chi connectivity index (χ0n) is 18.3. The van der Waals surface area contributed by atoms with Gasteiger partial charge in [-0.05, 0) is 31.4 Å². The molecule has 3 aromatic rings. The molecular weight excluding hydrogens is 426 g/mol. The van der Waals surface area contributed by atoms with E-state index in [0.717, 1.165) is 36.8 Å². The van der Waals surface area contributed by atoms with Crippen LogP contribution in [0.5, 0.6) is 0 Å². The zero-order chi connectivity index (χ0) is 22.3. The summed E-state index contributed by atoms with van der Waals surface area (Å²) in [5.41, 5.74) is 1.78. The third-order valence-corrected chi connectivity index (χ3v) is 7.38. The van der Waals surface area contributed by atoms with E-state index in [4.69, 9.17) is 16.0 Å². The summed E-state index contributed by atoms with van der Waals surface area (Å²) < 4.78 is 7.46. The van der Waals surface area contributed by atoms with Gasteiger partial charge in [0.15, 0.2) is 5.58 Å². The van der Waals surface area contributed by atoms with Gasteiger partial charge in [-0.3, -0.25) is 9.59 Å². The van der Waals surface area contributed by atoms with Gasteiger partial charge in [0, 0.05) is 29.7 Å². The van der Waals surface area contributed by atoms with E-state index in [0.29, 0.717) is 22.8 Å². The van der Waals surface area contributed by atoms with Crippen LogP contribution in [0.15, 0.2) is 47.1 Å². The lowest BCUT2D eigenvalue weighted by molar-refractivity contribution is -0.134. The lowest BCUT2D eigenvalue weighted by atomic mass is 9.93. The number of fused-ring (bicyclic) bond motifs is 3. The van der Waals surface area contributed by atoms with Gasteiger partial charge in [-0.2, -0.15) is 0 Å². The van der Waals surface area contributed by atoms with Crippen LogP contribution in [0, 0.1) is 0 Å². The molecule has 5 rings (SSSR count). The number of amides is 2. The molecule has 0 spiro atoms. The van der Waals surface area contributed by atoms with E-state index in [2.05, 4.69) is 5.32 Å². The first-order valence-electron chi connectivity index (χ1n) is 11.4. The number of hydrogen-bond acceptors (Lipinski definition) is 3. The van der Waals surface area contributed by atoms with Crippen LogP contribution in [0.3, 0.4) is 0 Å². The molecule has 1 aliphatic carbocycles. The third-order valence-electron chi connectivity index (χ3n) is 7.01. The predicted octanol–water partition coefficient (Wildman–Crippen LogP) is 5.14. The van der Waals surface area contributed by atoms with Gasteiger partial charge in [0.2, 0.25) is 5.91 Å². The molecule has 0 unspecified atom stereocenters. The second-order valence-corrected chi connectivity index (χ2v) is 9.61. The van der Waals surface area contributed by atoms with Crippen molar-refractivity contribution in [2.24, 2.45) is 0 Å². The van der Waals surface area contributed by atoms with Crippen molar-refractivity contribution in [2.45, 2.75) is 70.1 Å². The molecule has 0 saturated heterocycles. The van der Waals surface area contributed by atoms with E-state index in [1.54, 1.807) is 17.2 Å². The fourth-order valence-electron chi connectivity index (χ4n) is 5.08. The Balaban J connectivity index is 1.53. The summed E-state index contributed by atoms with van der Waals surface area (Å²) in [7, 11) is 0. The van der Waals surface area contributed by atoms with Gasteiger partial charge in [-0.25, -0.2) is 0 Å². The fourth-order valence-corrected chi connectivity index (χ4v) is 5.28. The maximum absolute atomic E-state index is 13.8. The molecule has 1 aliphatic heterocycles. The summed E-state index contributed by atoms with van der Waals surface area (Å²) in [6, 6.07) is 11.2. The standard InChI is InChI=1S/C25H28ClN3O3/c1-25(24(31)27-18-9-4-2-3-5-10-18)16-28-20-12-13-32-22(20)14-21(28)23(30)29(25)15-17-8-6-7-11-19(17)26/h6-8,11-14,18H,2-5,9-10,15-16H2,1H3,(H,27,31)/t25-/m0/s1. The molecule has 3 heterocycles. The van der Waals surface area contributed by atoms with Crippen molar-refractivity contribution in [2.75, 3.05) is 0 Å². The van der Waals surface area contributed by atoms with Crippen LogP contribution in [-0.2, 0) is 17.9 Å². The van der Waals surface area contributed by atoms with Crippen molar-refractivity contribution in [1.82, 2.24) is 14.8 Å². The summed E-state index contributed by atoms with van der Waals surface area (Å²) in [6.45, 7) is 2.49. The molecule has 1 fully saturated rings. The van der Waals surface area contributed by atoms with E-state index in [1.807, 2.05) is 41.8 Å². The number of nitrogens with one attached hydrogen (secondary N) is 1. The quantitative estimate of drug-likeness (QED) is 0.556. The Kier molecular flexibility index (Phi) is 5.49. The van der Waals surface area contributed by atoms with Crippen molar-refractivity contribution in [3.63, 3.8) is 0 Å². The van der Waals surface area contributed by atoms with Crippen LogP contribution in [-0.4, -0.2) is 32.9 Å². The smallest absolute Gasteiger partial charge is 0.271 e. The van der Waals surface area contributed by atoms with Gasteiger partial charge in [-0.15, -0.1) is 0 Å². The summed E-state index contributed by atoms with van der Waals surface area (Å²) in [4.78, 5) is 29.1. The average molecular weight is 454 g/mol. The monoisotopic (exact) mass is 453 g/mol. The molecule has 7 heteroatoms. The number of halogens is 1. The maximum Gasteiger partial charge on any atom is 0.271 e. The van der Waals surface area contributed by atoms with Crippen molar-refractivity contribution in [3.05, 3.63) is 58.9 Å². The predicted molar refractivity (Wildman–Crippen MR) is 124 cm³/mol. The van der Waals surface area contributed by atoms with Gasteiger partial charge >= 0.3 is 0 Å². The number of aromatic nitrogens is 1. The van der Waals surface area contributed by atoms with Crippen LogP contribution >= 0.6 is 11.6 Å². The van der Waals surface area contributed by atoms with E-state index in [9.17, 15) is 9.59 Å². The van der Waals surface area contributed by atoms with Gasteiger partial charge < -0.3 is 19.2 Å². The molecule has 168 valence electrons. The second-order valence-electron chi connectivity index (χ2n) is 9.20. The first-order valence-corrected chi connectivity index (χ1v) is 11.8. The molecule has 2 amide bonds. The van der Waals surface area contributed by atoms with E-state index < -0.39 is 5.54 Å². The summed E-state index contributed by atoms with van der Waals surface area (Å²) in [5.74, 6) is -0.304. The van der Waals surface area contributed by atoms with Gasteiger partial charge in [-0.1, -0.05) is 55.5 Å². The molecule has 0 bridgehead atoms.